The van der Waals surface area contributed by atoms with E-state index in [2.05, 4.69) is 20.6 Å². The van der Waals surface area contributed by atoms with Crippen molar-refractivity contribution in [3.8, 4) is 5.69 Å². The van der Waals surface area contributed by atoms with Crippen LogP contribution in [0, 0.1) is 6.92 Å². The molecule has 0 aliphatic carbocycles. The topological polar surface area (TPSA) is 114 Å². The van der Waals surface area contributed by atoms with Gasteiger partial charge in [0, 0.05) is 11.1 Å². The number of anilines is 1. The third-order valence-electron chi connectivity index (χ3n) is 4.56. The number of nitrogens with one attached hydrogen (secondary N) is 3. The number of amides is 3. The Balaban J connectivity index is 2.04. The number of hydrogen-bond donors (Lipinski definition) is 3. The van der Waals surface area contributed by atoms with Gasteiger partial charge in [0.1, 0.15) is 5.69 Å². The number of alkyl halides is 3. The van der Waals surface area contributed by atoms with Crippen molar-refractivity contribution in [2.24, 2.45) is 0 Å². The molecule has 0 fully saturated rings. The van der Waals surface area contributed by atoms with Gasteiger partial charge in [0.25, 0.3) is 11.8 Å². The monoisotopic (exact) mass is 529 g/mol. The number of nitrogens with zero attached hydrogens (tertiary/aromatic N) is 2. The number of methoxy groups -OCH3 is 1. The van der Waals surface area contributed by atoms with E-state index in [0.717, 1.165) is 11.8 Å². The van der Waals surface area contributed by atoms with Gasteiger partial charge in [-0.2, -0.15) is 18.3 Å². The number of carbonyl (C=O) groups excluding carboxylic acids is 3. The average molecular weight is 530 g/mol. The summed E-state index contributed by atoms with van der Waals surface area (Å²) in [7, 11) is 1.08. The molecule has 0 radical (unpaired) electrons. The fourth-order valence-electron chi connectivity index (χ4n) is 2.98. The Bertz CT molecular complexity index is 1310. The molecule has 2 aromatic carbocycles. The molecular weight excluding hydrogens is 514 g/mol. The summed E-state index contributed by atoms with van der Waals surface area (Å²) in [5.74, 6) is -1.90. The molecule has 14 heteroatoms. The number of carbonyl (C=O) groups is 3. The van der Waals surface area contributed by atoms with E-state index in [-0.39, 0.29) is 27.0 Å². The van der Waals surface area contributed by atoms with E-state index in [0.29, 0.717) is 11.6 Å². The summed E-state index contributed by atoms with van der Waals surface area (Å²) in [6, 6.07) is 9.06. The van der Waals surface area contributed by atoms with Crippen LogP contribution in [0.2, 0.25) is 10.0 Å². The highest BCUT2D eigenvalue weighted by atomic mass is 35.5. The van der Waals surface area contributed by atoms with E-state index in [4.69, 9.17) is 23.2 Å². The highest BCUT2D eigenvalue weighted by Crippen LogP contribution is 2.32. The van der Waals surface area contributed by atoms with Crippen molar-refractivity contribution in [1.82, 2.24) is 20.6 Å². The molecule has 3 rings (SSSR count). The molecular formula is C21H16Cl2F3N5O4. The predicted octanol–water partition coefficient (Wildman–Crippen LogP) is 4.76. The van der Waals surface area contributed by atoms with Crippen molar-refractivity contribution in [1.29, 1.82) is 0 Å². The number of halogens is 5. The molecule has 3 aromatic rings. The normalized spacial score (nSPS) is 11.1. The Kier molecular flexibility index (Phi) is 7.56. The maximum atomic E-state index is 13.4. The van der Waals surface area contributed by atoms with Gasteiger partial charge in [-0.25, -0.2) is 14.9 Å². The van der Waals surface area contributed by atoms with Crippen LogP contribution in [0.5, 0.6) is 0 Å². The molecule has 0 aliphatic heterocycles. The van der Waals surface area contributed by atoms with Gasteiger partial charge in [0.2, 0.25) is 0 Å². The Morgan fingerprint density at radius 3 is 2.34 bits per heavy atom. The summed E-state index contributed by atoms with van der Waals surface area (Å²) in [4.78, 5) is 37.0. The van der Waals surface area contributed by atoms with Gasteiger partial charge in [-0.05, 0) is 36.8 Å². The maximum Gasteiger partial charge on any atom is 0.435 e. The van der Waals surface area contributed by atoms with Gasteiger partial charge in [-0.15, -0.1) is 0 Å². The van der Waals surface area contributed by atoms with Crippen molar-refractivity contribution in [3.05, 3.63) is 75.0 Å². The van der Waals surface area contributed by atoms with Gasteiger partial charge < -0.3 is 10.1 Å². The van der Waals surface area contributed by atoms with Crippen LogP contribution >= 0.6 is 23.2 Å². The summed E-state index contributed by atoms with van der Waals surface area (Å²) in [5, 5.41) is 6.12. The van der Waals surface area contributed by atoms with Crippen molar-refractivity contribution >= 4 is 46.8 Å². The van der Waals surface area contributed by atoms with Crippen molar-refractivity contribution in [2.45, 2.75) is 13.1 Å². The summed E-state index contributed by atoms with van der Waals surface area (Å²) >= 11 is 12.1. The number of aryl methyl sites for hydroxylation is 1. The lowest BCUT2D eigenvalue weighted by atomic mass is 10.1. The zero-order chi connectivity index (χ0) is 25.9. The van der Waals surface area contributed by atoms with E-state index < -0.39 is 35.5 Å². The Morgan fingerprint density at radius 2 is 1.71 bits per heavy atom. The van der Waals surface area contributed by atoms with Gasteiger partial charge >= 0.3 is 12.3 Å². The minimum atomic E-state index is -4.84. The number of hydrazine groups is 1. The van der Waals surface area contributed by atoms with Crippen LogP contribution in [0.15, 0.2) is 42.5 Å². The Hall–Kier alpha value is -3.77. The van der Waals surface area contributed by atoms with Crippen LogP contribution in [-0.2, 0) is 10.9 Å². The highest BCUT2D eigenvalue weighted by Gasteiger charge is 2.36. The standard InChI is InChI=1S/C21H16Cl2F3N5O4/c1-10-7-11(22)8-12(18(32)28-29-20(34)35-2)17(10)27-19(33)15-9-16(21(24,25)26)30-31(15)14-6-4-3-5-13(14)23/h3-9H,1-2H3,(H,27,33)(H,28,32)(H,29,34). The predicted molar refractivity (Wildman–Crippen MR) is 121 cm³/mol. The fourth-order valence-corrected chi connectivity index (χ4v) is 3.47. The molecule has 1 heterocycles. The van der Waals surface area contributed by atoms with E-state index >= 15 is 0 Å². The molecule has 9 nitrogen and oxygen atoms in total. The van der Waals surface area contributed by atoms with Gasteiger partial charge in [-0.3, -0.25) is 15.0 Å². The number of benzene rings is 2. The first kappa shape index (κ1) is 25.8. The molecule has 0 saturated carbocycles. The quantitative estimate of drug-likeness (QED) is 0.421. The summed E-state index contributed by atoms with van der Waals surface area (Å²) in [5.41, 5.74) is 2.31. The molecule has 0 atom stereocenters. The maximum absolute atomic E-state index is 13.4. The van der Waals surface area contributed by atoms with Crippen LogP contribution in [0.25, 0.3) is 5.69 Å². The Labute approximate surface area is 206 Å². The van der Waals surface area contributed by atoms with Crippen LogP contribution in [0.3, 0.4) is 0 Å². The first-order chi connectivity index (χ1) is 16.4. The lowest BCUT2D eigenvalue weighted by Crippen LogP contribution is -2.41. The van der Waals surface area contributed by atoms with Gasteiger partial charge in [0.05, 0.1) is 29.1 Å². The van der Waals surface area contributed by atoms with E-state index in [1.54, 1.807) is 6.07 Å². The highest BCUT2D eigenvalue weighted by molar-refractivity contribution is 6.32. The lowest BCUT2D eigenvalue weighted by Gasteiger charge is -2.15. The summed E-state index contributed by atoms with van der Waals surface area (Å²) < 4.78 is 45.3. The van der Waals surface area contributed by atoms with Crippen LogP contribution in [0.1, 0.15) is 32.1 Å². The number of hydrogen-bond acceptors (Lipinski definition) is 5. The number of ether oxygens (including phenoxy) is 1. The molecule has 0 unspecified atom stereocenters. The second kappa shape index (κ2) is 10.2. The fraction of sp³-hybridized carbons (Fsp3) is 0.143. The SMILES string of the molecule is COC(=O)NNC(=O)c1cc(Cl)cc(C)c1NC(=O)c1cc(C(F)(F)F)nn1-c1ccccc1Cl. The number of aromatic nitrogens is 2. The molecule has 3 N–H and O–H groups in total. The second-order valence-electron chi connectivity index (χ2n) is 6.95. The molecule has 0 aliphatic rings. The minimum absolute atomic E-state index is 0.0305. The van der Waals surface area contributed by atoms with Crippen LogP contribution in [-0.4, -0.2) is 34.8 Å². The lowest BCUT2D eigenvalue weighted by molar-refractivity contribution is -0.141. The third-order valence-corrected chi connectivity index (χ3v) is 5.10. The van der Waals surface area contributed by atoms with Gasteiger partial charge in [-0.1, -0.05) is 35.3 Å². The molecule has 35 heavy (non-hydrogen) atoms. The van der Waals surface area contributed by atoms with Crippen molar-refractivity contribution in [3.63, 3.8) is 0 Å². The third kappa shape index (κ3) is 5.84. The molecule has 1 aromatic heterocycles. The zero-order valence-corrected chi connectivity index (χ0v) is 19.5. The van der Waals surface area contributed by atoms with E-state index in [9.17, 15) is 27.6 Å². The minimum Gasteiger partial charge on any atom is -0.452 e. The van der Waals surface area contributed by atoms with Crippen LogP contribution < -0.4 is 16.2 Å². The zero-order valence-electron chi connectivity index (χ0n) is 18.0. The largest absolute Gasteiger partial charge is 0.452 e. The summed E-state index contributed by atoms with van der Waals surface area (Å²) in [6.45, 7) is 1.51. The smallest absolute Gasteiger partial charge is 0.435 e. The molecule has 0 saturated heterocycles. The van der Waals surface area contributed by atoms with Crippen molar-refractivity contribution in [2.75, 3.05) is 12.4 Å². The second-order valence-corrected chi connectivity index (χ2v) is 7.79. The molecule has 0 bridgehead atoms. The number of rotatable bonds is 4. The van der Waals surface area contributed by atoms with Crippen molar-refractivity contribution < 1.29 is 32.3 Å². The Morgan fingerprint density at radius 1 is 1.03 bits per heavy atom. The van der Waals surface area contributed by atoms with Gasteiger partial charge in [0.15, 0.2) is 5.69 Å². The summed E-state index contributed by atoms with van der Waals surface area (Å²) in [6.07, 6.45) is -5.81. The molecule has 3 amide bonds. The molecule has 0 spiro atoms. The van der Waals surface area contributed by atoms with E-state index in [1.165, 1.54) is 37.3 Å². The first-order valence-electron chi connectivity index (χ1n) is 9.60. The average Bonchev–Trinajstić information content (AvgIpc) is 3.25. The van der Waals surface area contributed by atoms with Crippen LogP contribution in [0.4, 0.5) is 23.7 Å². The number of para-hydroxylation sites is 1. The first-order valence-corrected chi connectivity index (χ1v) is 10.4. The van der Waals surface area contributed by atoms with E-state index in [1.807, 2.05) is 5.43 Å². The molecule has 184 valence electrons.